The number of fused-ring (bicyclic) bond motifs is 1. The van der Waals surface area contributed by atoms with Crippen LogP contribution in [0.4, 0.5) is 5.69 Å². The highest BCUT2D eigenvalue weighted by atomic mass is 16.6. The zero-order chi connectivity index (χ0) is 34.3. The van der Waals surface area contributed by atoms with Crippen LogP contribution in [0.3, 0.4) is 0 Å². The molecule has 0 saturated carbocycles. The van der Waals surface area contributed by atoms with Crippen molar-refractivity contribution in [2.75, 3.05) is 52.1 Å². The first-order chi connectivity index (χ1) is 24.0. The van der Waals surface area contributed by atoms with E-state index in [9.17, 15) is 9.59 Å². The summed E-state index contributed by atoms with van der Waals surface area (Å²) in [6.07, 6.45) is 7.32. The van der Waals surface area contributed by atoms with E-state index in [1.807, 2.05) is 48.0 Å². The number of amides is 1. The molecule has 1 aliphatic rings. The zero-order valence-electron chi connectivity index (χ0n) is 27.9. The Labute approximate surface area is 285 Å². The van der Waals surface area contributed by atoms with Crippen molar-refractivity contribution in [3.8, 4) is 23.0 Å². The summed E-state index contributed by atoms with van der Waals surface area (Å²) < 4.78 is 29.1. The number of rotatable bonds is 19. The second kappa shape index (κ2) is 18.5. The Kier molecular flexibility index (Phi) is 13.3. The number of methoxy groups -OCH3 is 1. The fourth-order valence-corrected chi connectivity index (χ4v) is 5.22. The van der Waals surface area contributed by atoms with Crippen LogP contribution in [0.5, 0.6) is 11.5 Å². The van der Waals surface area contributed by atoms with E-state index < -0.39 is 0 Å². The summed E-state index contributed by atoms with van der Waals surface area (Å²) in [5, 5.41) is 15.1. The number of aromatic nitrogens is 5. The number of anilines is 1. The Bertz CT molecular complexity index is 1650. The molecule has 14 nitrogen and oxygen atoms in total. The van der Waals surface area contributed by atoms with Crippen molar-refractivity contribution in [3.05, 3.63) is 78.0 Å². The van der Waals surface area contributed by atoms with Gasteiger partial charge < -0.3 is 38.9 Å². The Morgan fingerprint density at radius 2 is 1.84 bits per heavy atom. The second-order valence-electron chi connectivity index (χ2n) is 11.4. The lowest BCUT2D eigenvalue weighted by Gasteiger charge is -2.27. The molecule has 4 aromatic rings. The van der Waals surface area contributed by atoms with Crippen LogP contribution >= 0.6 is 0 Å². The first-order valence-corrected chi connectivity index (χ1v) is 16.4. The lowest BCUT2D eigenvalue weighted by molar-refractivity contribution is -0.146. The van der Waals surface area contributed by atoms with E-state index in [1.54, 1.807) is 18.3 Å². The highest BCUT2D eigenvalue weighted by molar-refractivity contribution is 5.95. The first kappa shape index (κ1) is 35.2. The van der Waals surface area contributed by atoms with Crippen molar-refractivity contribution < 1.29 is 33.3 Å². The van der Waals surface area contributed by atoms with Gasteiger partial charge in [0.2, 0.25) is 0 Å². The highest BCUT2D eigenvalue weighted by Crippen LogP contribution is 2.35. The van der Waals surface area contributed by atoms with Gasteiger partial charge in [-0.1, -0.05) is 6.07 Å². The molecule has 1 amide bonds. The Morgan fingerprint density at radius 1 is 0.980 bits per heavy atom. The number of unbranched alkanes of at least 4 members (excludes halogenated alkanes) is 2. The van der Waals surface area contributed by atoms with Gasteiger partial charge in [-0.05, 0) is 68.1 Å². The van der Waals surface area contributed by atoms with Gasteiger partial charge in [0.25, 0.3) is 5.91 Å². The number of hydrogen-bond donors (Lipinski definition) is 2. The molecule has 0 fully saturated rings. The average molecular weight is 674 g/mol. The van der Waals surface area contributed by atoms with Gasteiger partial charge in [-0.3, -0.25) is 4.79 Å². The molecule has 0 aliphatic carbocycles. The van der Waals surface area contributed by atoms with Gasteiger partial charge >= 0.3 is 5.97 Å². The number of hydrogen-bond acceptors (Lipinski definition) is 12. The lowest BCUT2D eigenvalue weighted by Crippen LogP contribution is -2.32. The van der Waals surface area contributed by atoms with Crippen LogP contribution in [0, 0.1) is 0 Å². The molecule has 0 saturated heterocycles. The lowest BCUT2D eigenvalue weighted by atomic mass is 9.99. The summed E-state index contributed by atoms with van der Waals surface area (Å²) in [7, 11) is 3.22. The molecule has 2 aromatic heterocycles. The predicted molar refractivity (Wildman–Crippen MR) is 180 cm³/mol. The number of carbonyl (C=O) groups excluding carboxylic acids is 2. The minimum Gasteiger partial charge on any atom is -0.494 e. The molecular formula is C35H43N7O7. The molecule has 0 spiro atoms. The van der Waals surface area contributed by atoms with E-state index in [4.69, 9.17) is 18.9 Å². The van der Waals surface area contributed by atoms with Crippen molar-refractivity contribution in [2.45, 2.75) is 44.7 Å². The molecule has 14 heteroatoms. The Morgan fingerprint density at radius 3 is 2.69 bits per heavy atom. The fraction of sp³-hybridized carbons (Fsp3) is 0.429. The number of nitrogens with one attached hydrogen (secondary N) is 2. The van der Waals surface area contributed by atoms with E-state index in [1.165, 1.54) is 13.4 Å². The van der Waals surface area contributed by atoms with Crippen LogP contribution < -0.4 is 20.1 Å². The van der Waals surface area contributed by atoms with Crippen molar-refractivity contribution in [1.82, 2.24) is 30.0 Å². The van der Waals surface area contributed by atoms with E-state index in [0.29, 0.717) is 63.1 Å². The molecule has 260 valence electrons. The number of nitrogens with zero attached hydrogens (tertiary/aromatic N) is 5. The molecule has 2 N–H and O–H groups in total. The molecule has 3 heterocycles. The smallest absolute Gasteiger partial charge is 0.331 e. The van der Waals surface area contributed by atoms with Crippen molar-refractivity contribution in [1.29, 1.82) is 0 Å². The largest absolute Gasteiger partial charge is 0.494 e. The standard InChI is InChI=1S/C35H43N7O7/c1-42-32(40-41-34(42)30-12-14-36-24-38-30)22-37-26-9-6-8-25(20-26)35(44)39-29-13-19-49-31-11-10-27(21-28(29)31)48-18-5-3-4-15-46-16-7-17-47-23-33(43)45-2/h6,8-12,14,20-21,24,29,37H,3-5,7,13,15-19,22-23H2,1-2H3,(H,39,44)/t29-/m1/s1. The summed E-state index contributed by atoms with van der Waals surface area (Å²) in [5.74, 6) is 2.31. The van der Waals surface area contributed by atoms with Gasteiger partial charge in [0.1, 0.15) is 30.1 Å². The van der Waals surface area contributed by atoms with Gasteiger partial charge in [-0.25, -0.2) is 14.8 Å². The van der Waals surface area contributed by atoms with Gasteiger partial charge in [-0.15, -0.1) is 10.2 Å². The van der Waals surface area contributed by atoms with Crippen LogP contribution in [0.1, 0.15) is 59.9 Å². The van der Waals surface area contributed by atoms with Crippen molar-refractivity contribution >= 4 is 17.6 Å². The minimum absolute atomic E-state index is 0.0308. The number of benzene rings is 2. The van der Waals surface area contributed by atoms with Crippen LogP contribution in [0.25, 0.3) is 11.5 Å². The summed E-state index contributed by atoms with van der Waals surface area (Å²) in [5.41, 5.74) is 2.92. The third kappa shape index (κ3) is 10.5. The molecular weight excluding hydrogens is 630 g/mol. The second-order valence-corrected chi connectivity index (χ2v) is 11.4. The molecule has 2 aromatic carbocycles. The molecule has 0 radical (unpaired) electrons. The van der Waals surface area contributed by atoms with Gasteiger partial charge in [0.15, 0.2) is 11.6 Å². The van der Waals surface area contributed by atoms with Gasteiger partial charge in [0, 0.05) is 56.3 Å². The number of esters is 1. The highest BCUT2D eigenvalue weighted by Gasteiger charge is 2.24. The monoisotopic (exact) mass is 673 g/mol. The fourth-order valence-electron chi connectivity index (χ4n) is 5.22. The van der Waals surface area contributed by atoms with E-state index in [0.717, 1.165) is 54.3 Å². The third-order valence-corrected chi connectivity index (χ3v) is 7.90. The average Bonchev–Trinajstić information content (AvgIpc) is 3.51. The quantitative estimate of drug-likeness (QED) is 0.108. The van der Waals surface area contributed by atoms with Gasteiger partial charge in [0.05, 0.1) is 32.9 Å². The summed E-state index contributed by atoms with van der Waals surface area (Å²) in [4.78, 5) is 32.6. The number of carbonyl (C=O) groups is 2. The summed E-state index contributed by atoms with van der Waals surface area (Å²) in [6.45, 7) is 3.19. The van der Waals surface area contributed by atoms with Crippen molar-refractivity contribution in [2.24, 2.45) is 7.05 Å². The summed E-state index contributed by atoms with van der Waals surface area (Å²) >= 11 is 0. The number of ether oxygens (including phenoxy) is 5. The maximum atomic E-state index is 13.4. The van der Waals surface area contributed by atoms with E-state index in [-0.39, 0.29) is 24.5 Å². The third-order valence-electron chi connectivity index (χ3n) is 7.90. The van der Waals surface area contributed by atoms with Crippen LogP contribution in [-0.4, -0.2) is 83.4 Å². The zero-order valence-corrected chi connectivity index (χ0v) is 27.9. The van der Waals surface area contributed by atoms with Crippen molar-refractivity contribution in [3.63, 3.8) is 0 Å². The van der Waals surface area contributed by atoms with Gasteiger partial charge in [-0.2, -0.15) is 0 Å². The molecule has 0 unspecified atom stereocenters. The van der Waals surface area contributed by atoms with Crippen LogP contribution in [-0.2, 0) is 32.6 Å². The first-order valence-electron chi connectivity index (χ1n) is 16.4. The SMILES string of the molecule is COC(=O)COCCCOCCCCCOc1ccc2c(c1)[C@H](NC(=O)c1cccc(NCc3nnc(-c4ccncn4)n3C)c1)CCO2. The summed E-state index contributed by atoms with van der Waals surface area (Å²) in [6, 6.07) is 14.7. The van der Waals surface area contributed by atoms with Crippen LogP contribution in [0.2, 0.25) is 0 Å². The molecule has 0 bridgehead atoms. The normalized spacial score (nSPS) is 13.6. The minimum atomic E-state index is -0.378. The molecule has 1 atom stereocenters. The topological polar surface area (TPSA) is 161 Å². The maximum Gasteiger partial charge on any atom is 0.331 e. The molecule has 1 aliphatic heterocycles. The van der Waals surface area contributed by atoms with E-state index >= 15 is 0 Å². The molecule has 5 rings (SSSR count). The Hall–Kier alpha value is -5.08. The Balaban J connectivity index is 1.05. The predicted octanol–water partition coefficient (Wildman–Crippen LogP) is 4.28. The van der Waals surface area contributed by atoms with Crippen LogP contribution in [0.15, 0.2) is 61.1 Å². The van der Waals surface area contributed by atoms with E-state index in [2.05, 4.69) is 35.5 Å². The molecule has 49 heavy (non-hydrogen) atoms. The maximum absolute atomic E-state index is 13.4.